The van der Waals surface area contributed by atoms with Crippen molar-refractivity contribution in [2.45, 2.75) is 72.0 Å². The van der Waals surface area contributed by atoms with E-state index in [1.807, 2.05) is 34.5 Å². The van der Waals surface area contributed by atoms with Crippen molar-refractivity contribution < 1.29 is 0 Å². The number of pyridine rings is 1. The Morgan fingerprint density at radius 1 is 1.02 bits per heavy atom. The Kier molecular flexibility index (Phi) is 8.41. The van der Waals surface area contributed by atoms with E-state index < -0.39 is 0 Å². The fourth-order valence-corrected chi connectivity index (χ4v) is 6.95. The van der Waals surface area contributed by atoms with Crippen LogP contribution >= 0.6 is 11.3 Å². The maximum absolute atomic E-state index is 10.2. The lowest BCUT2D eigenvalue weighted by Gasteiger charge is -2.40. The molecule has 2 N–H and O–H groups in total. The fraction of sp³-hybridized carbons (Fsp3) is 0.429. The molecule has 4 heterocycles. The van der Waals surface area contributed by atoms with Crippen molar-refractivity contribution in [1.82, 2.24) is 29.9 Å². The van der Waals surface area contributed by atoms with Gasteiger partial charge in [-0.1, -0.05) is 38.1 Å². The first-order valence-corrected chi connectivity index (χ1v) is 16.6. The van der Waals surface area contributed by atoms with Gasteiger partial charge in [0.1, 0.15) is 17.8 Å². The normalized spacial score (nSPS) is 15.5. The van der Waals surface area contributed by atoms with E-state index in [4.69, 9.17) is 5.10 Å². The van der Waals surface area contributed by atoms with E-state index in [0.717, 1.165) is 53.1 Å². The predicted molar refractivity (Wildman–Crippen MR) is 184 cm³/mol. The van der Waals surface area contributed by atoms with Crippen LogP contribution in [-0.4, -0.2) is 55.0 Å². The highest BCUT2D eigenvalue weighted by atomic mass is 32.1. The van der Waals surface area contributed by atoms with Crippen LogP contribution in [0.3, 0.4) is 0 Å². The molecular weight excluding hydrogens is 593 g/mol. The summed E-state index contributed by atoms with van der Waals surface area (Å²) in [7, 11) is 0. The first-order valence-electron chi connectivity index (χ1n) is 15.7. The van der Waals surface area contributed by atoms with Gasteiger partial charge in [0.25, 0.3) is 0 Å². The van der Waals surface area contributed by atoms with Crippen LogP contribution in [0, 0.1) is 28.1 Å². The molecule has 2 aromatic carbocycles. The van der Waals surface area contributed by atoms with Crippen molar-refractivity contribution in [2.24, 2.45) is 5.41 Å². The van der Waals surface area contributed by atoms with E-state index in [-0.39, 0.29) is 23.0 Å². The summed E-state index contributed by atoms with van der Waals surface area (Å²) in [6.45, 7) is 15.9. The zero-order valence-corrected chi connectivity index (χ0v) is 28.1. The van der Waals surface area contributed by atoms with Gasteiger partial charge in [-0.15, -0.1) is 16.4 Å². The minimum Gasteiger partial charge on any atom is -0.383 e. The molecule has 0 saturated carbocycles. The van der Waals surface area contributed by atoms with Crippen LogP contribution in [0.1, 0.15) is 88.9 Å². The third kappa shape index (κ3) is 6.39. The lowest BCUT2D eigenvalue weighted by Crippen LogP contribution is -2.46. The molecule has 3 aromatic heterocycles. The standard InChI is InChI=1S/C35H40N10S/c1-34(2,3)20-39-31-23(17-37)18-38-30-22(16-36)14-24(15-27(30)31)41-32(26-8-7-9-28-33(26)46-21-40-28)29-19-45(43-42-29)25-10-12-44(13-11-25)35(4,5)6/h7-9,14-15,18-19,21,25,32,41H,10-13,20H2,1-6H3,(H,38,39). The minimum atomic E-state index is -0.366. The summed E-state index contributed by atoms with van der Waals surface area (Å²) in [6, 6.07) is 14.4. The molecule has 0 radical (unpaired) electrons. The zero-order valence-electron chi connectivity index (χ0n) is 27.3. The molecule has 0 aliphatic carbocycles. The Morgan fingerprint density at radius 3 is 2.48 bits per heavy atom. The number of aromatic nitrogens is 5. The molecule has 1 aliphatic heterocycles. The highest BCUT2D eigenvalue weighted by Crippen LogP contribution is 2.37. The van der Waals surface area contributed by atoms with Gasteiger partial charge in [-0.05, 0) is 62.8 Å². The molecule has 0 bridgehead atoms. The van der Waals surface area contributed by atoms with E-state index in [9.17, 15) is 10.5 Å². The maximum atomic E-state index is 10.2. The van der Waals surface area contributed by atoms with Gasteiger partial charge in [0.2, 0.25) is 0 Å². The monoisotopic (exact) mass is 632 g/mol. The molecule has 0 spiro atoms. The van der Waals surface area contributed by atoms with Gasteiger partial charge >= 0.3 is 0 Å². The lowest BCUT2D eigenvalue weighted by atomic mass is 9.96. The Labute approximate surface area is 274 Å². The molecule has 1 saturated heterocycles. The molecule has 6 rings (SSSR count). The second-order valence-electron chi connectivity index (χ2n) is 14.2. The summed E-state index contributed by atoms with van der Waals surface area (Å²) in [5, 5.41) is 37.4. The molecular formula is C35H40N10S. The molecule has 0 amide bonds. The van der Waals surface area contributed by atoms with Crippen molar-refractivity contribution in [1.29, 1.82) is 10.5 Å². The van der Waals surface area contributed by atoms with Crippen LogP contribution in [0.25, 0.3) is 21.1 Å². The number of anilines is 2. The maximum Gasteiger partial charge on any atom is 0.110 e. The Bertz CT molecular complexity index is 1960. The number of rotatable bonds is 7. The molecule has 1 aliphatic rings. The van der Waals surface area contributed by atoms with Gasteiger partial charge in [-0.3, -0.25) is 9.88 Å². The predicted octanol–water partition coefficient (Wildman–Crippen LogP) is 7.27. The summed E-state index contributed by atoms with van der Waals surface area (Å²) in [4.78, 5) is 11.6. The van der Waals surface area contributed by atoms with Crippen LogP contribution in [-0.2, 0) is 0 Å². The fourth-order valence-electron chi connectivity index (χ4n) is 6.12. The number of nitrogens with one attached hydrogen (secondary N) is 2. The molecule has 11 heteroatoms. The van der Waals surface area contributed by atoms with Gasteiger partial charge in [0, 0.05) is 42.4 Å². The summed E-state index contributed by atoms with van der Waals surface area (Å²) in [6.07, 6.45) is 5.63. The summed E-state index contributed by atoms with van der Waals surface area (Å²) in [5.41, 5.74) is 7.53. The molecule has 1 unspecified atom stereocenters. The van der Waals surface area contributed by atoms with Crippen LogP contribution in [0.5, 0.6) is 0 Å². The number of fused-ring (bicyclic) bond motifs is 2. The van der Waals surface area contributed by atoms with Crippen LogP contribution in [0.2, 0.25) is 0 Å². The number of piperidine rings is 1. The van der Waals surface area contributed by atoms with E-state index >= 15 is 0 Å². The van der Waals surface area contributed by atoms with Crippen molar-refractivity contribution in [3.05, 3.63) is 70.6 Å². The van der Waals surface area contributed by atoms with Crippen molar-refractivity contribution in [3.8, 4) is 12.1 Å². The number of hydrogen-bond donors (Lipinski definition) is 2. The Hall–Kier alpha value is -4.58. The Balaban J connectivity index is 1.41. The SMILES string of the molecule is CC(C)(C)CNc1c(C#N)cnc2c(C#N)cc(NC(c3cn(C4CCN(C(C)(C)C)CC4)nn3)c3cccc4ncsc34)cc12. The highest BCUT2D eigenvalue weighted by molar-refractivity contribution is 7.17. The summed E-state index contributed by atoms with van der Waals surface area (Å²) in [5.74, 6) is 0. The van der Waals surface area contributed by atoms with Gasteiger partial charge in [-0.25, -0.2) is 9.67 Å². The lowest BCUT2D eigenvalue weighted by molar-refractivity contribution is 0.0866. The van der Waals surface area contributed by atoms with Gasteiger partial charge in [-0.2, -0.15) is 10.5 Å². The van der Waals surface area contributed by atoms with Crippen LogP contribution < -0.4 is 10.6 Å². The average Bonchev–Trinajstić information content (AvgIpc) is 3.72. The van der Waals surface area contributed by atoms with Gasteiger partial charge < -0.3 is 10.6 Å². The minimum absolute atomic E-state index is 0.0239. The number of hydrogen-bond acceptors (Lipinski definition) is 10. The second kappa shape index (κ2) is 12.3. The van der Waals surface area contributed by atoms with Gasteiger partial charge in [0.15, 0.2) is 0 Å². The van der Waals surface area contributed by atoms with Gasteiger partial charge in [0.05, 0.1) is 56.3 Å². The quantitative estimate of drug-likeness (QED) is 0.190. The van der Waals surface area contributed by atoms with E-state index in [2.05, 4.69) is 96.7 Å². The second-order valence-corrected chi connectivity index (χ2v) is 15.1. The molecule has 5 aromatic rings. The number of benzene rings is 2. The number of likely N-dealkylation sites (tertiary alicyclic amines) is 1. The first-order chi connectivity index (χ1) is 21.9. The van der Waals surface area contributed by atoms with Crippen LogP contribution in [0.4, 0.5) is 11.4 Å². The van der Waals surface area contributed by atoms with Crippen molar-refractivity contribution in [2.75, 3.05) is 30.3 Å². The van der Waals surface area contributed by atoms with Crippen LogP contribution in [0.15, 0.2) is 48.2 Å². The zero-order chi connectivity index (χ0) is 32.6. The number of nitrogens with zero attached hydrogens (tertiary/aromatic N) is 8. The smallest absolute Gasteiger partial charge is 0.110 e. The average molecular weight is 633 g/mol. The molecule has 46 heavy (non-hydrogen) atoms. The highest BCUT2D eigenvalue weighted by Gasteiger charge is 2.29. The van der Waals surface area contributed by atoms with E-state index in [1.165, 1.54) is 0 Å². The topological polar surface area (TPSA) is 131 Å². The summed E-state index contributed by atoms with van der Waals surface area (Å²) >= 11 is 1.59. The molecule has 236 valence electrons. The Morgan fingerprint density at radius 2 is 1.78 bits per heavy atom. The third-order valence-electron chi connectivity index (χ3n) is 8.63. The van der Waals surface area contributed by atoms with Crippen molar-refractivity contribution in [3.63, 3.8) is 0 Å². The first kappa shape index (κ1) is 31.4. The number of thiazole rings is 1. The summed E-state index contributed by atoms with van der Waals surface area (Å²) < 4.78 is 3.09. The molecule has 1 atom stereocenters. The third-order valence-corrected chi connectivity index (χ3v) is 9.52. The molecule has 1 fully saturated rings. The largest absolute Gasteiger partial charge is 0.383 e. The molecule has 10 nitrogen and oxygen atoms in total. The number of nitriles is 2. The van der Waals surface area contributed by atoms with Crippen molar-refractivity contribution >= 4 is 43.8 Å². The van der Waals surface area contributed by atoms with E-state index in [0.29, 0.717) is 34.3 Å². The van der Waals surface area contributed by atoms with E-state index in [1.54, 1.807) is 17.5 Å².